The molecule has 0 saturated carbocycles. The summed E-state index contributed by atoms with van der Waals surface area (Å²) in [5.74, 6) is 0. The zero-order valence-electron chi connectivity index (χ0n) is 4.73. The molecule has 2 N–H and O–H groups in total. The molecule has 0 amide bonds. The van der Waals surface area contributed by atoms with Gasteiger partial charge in [-0.1, -0.05) is 0 Å². The van der Waals surface area contributed by atoms with Gasteiger partial charge in [-0.15, -0.1) is 0 Å². The van der Waals surface area contributed by atoms with Crippen molar-refractivity contribution in [3.63, 3.8) is 0 Å². The number of rotatable bonds is 0. The van der Waals surface area contributed by atoms with Crippen LogP contribution >= 0.6 is 0 Å². The number of hydrogen-bond acceptors (Lipinski definition) is 3. The van der Waals surface area contributed by atoms with Crippen LogP contribution in [-0.4, -0.2) is 24.6 Å². The third kappa shape index (κ3) is 1.12. The lowest BCUT2D eigenvalue weighted by Gasteiger charge is -2.02. The minimum atomic E-state index is 0.588. The van der Waals surface area contributed by atoms with Crippen molar-refractivity contribution in [2.24, 2.45) is 0 Å². The number of likely N-dealkylation sites (N-methyl/N-ethyl adjacent to an activating group) is 1. The summed E-state index contributed by atoms with van der Waals surface area (Å²) in [5, 5.41) is 2.02. The summed E-state index contributed by atoms with van der Waals surface area (Å²) < 4.78 is 0. The molecule has 0 aliphatic carbocycles. The Balaban J connectivity index is 2.26. The fourth-order valence-corrected chi connectivity index (χ4v) is 0.722. The zero-order chi connectivity index (χ0) is 5.28. The molecule has 0 spiro atoms. The van der Waals surface area contributed by atoms with Gasteiger partial charge in [0.2, 0.25) is 0 Å². The summed E-state index contributed by atoms with van der Waals surface area (Å²) in [6.45, 7) is 3.22. The maximum atomic E-state index is 3.05. The molecule has 0 aromatic rings. The second kappa shape index (κ2) is 1.78. The highest BCUT2D eigenvalue weighted by Crippen LogP contribution is 1.88. The Morgan fingerprint density at radius 1 is 1.71 bits per heavy atom. The van der Waals surface area contributed by atoms with Crippen molar-refractivity contribution in [2.45, 2.75) is 13.0 Å². The van der Waals surface area contributed by atoms with Gasteiger partial charge in [0, 0.05) is 19.6 Å². The first kappa shape index (κ1) is 5.03. The maximum Gasteiger partial charge on any atom is 0.0339 e. The maximum absolute atomic E-state index is 3.05. The minimum absolute atomic E-state index is 0.588. The lowest BCUT2D eigenvalue weighted by molar-refractivity contribution is 0.289. The molecule has 1 fully saturated rings. The second-order valence-corrected chi connectivity index (χ2v) is 2.04. The highest BCUT2D eigenvalue weighted by Gasteiger charge is 2.11. The van der Waals surface area contributed by atoms with Crippen molar-refractivity contribution in [3.8, 4) is 0 Å². The van der Waals surface area contributed by atoms with E-state index in [1.165, 1.54) is 0 Å². The third-order valence-electron chi connectivity index (χ3n) is 1.05. The van der Waals surface area contributed by atoms with Crippen molar-refractivity contribution in [3.05, 3.63) is 0 Å². The Bertz CT molecular complexity index is 56.0. The van der Waals surface area contributed by atoms with Crippen molar-refractivity contribution < 1.29 is 0 Å². The highest BCUT2D eigenvalue weighted by atomic mass is 15.7. The van der Waals surface area contributed by atoms with Crippen LogP contribution in [0.5, 0.6) is 0 Å². The summed E-state index contributed by atoms with van der Waals surface area (Å²) >= 11 is 0. The monoisotopic (exact) mass is 101 g/mol. The van der Waals surface area contributed by atoms with E-state index < -0.39 is 0 Å². The second-order valence-electron chi connectivity index (χ2n) is 2.04. The molecular formula is C4H11N3. The average Bonchev–Trinajstić information content (AvgIpc) is 1.87. The van der Waals surface area contributed by atoms with E-state index in [4.69, 9.17) is 0 Å². The lowest BCUT2D eigenvalue weighted by Crippen LogP contribution is -2.33. The Hall–Kier alpha value is -0.120. The van der Waals surface area contributed by atoms with Crippen LogP contribution in [0.15, 0.2) is 0 Å². The van der Waals surface area contributed by atoms with Crippen LogP contribution in [0.3, 0.4) is 0 Å². The Kier molecular flexibility index (Phi) is 1.27. The van der Waals surface area contributed by atoms with Crippen LogP contribution in [0.4, 0.5) is 0 Å². The molecule has 1 aliphatic rings. The number of hydrazine groups is 2. The fourth-order valence-electron chi connectivity index (χ4n) is 0.722. The van der Waals surface area contributed by atoms with Gasteiger partial charge in [0.25, 0.3) is 0 Å². The van der Waals surface area contributed by atoms with Gasteiger partial charge in [0.15, 0.2) is 0 Å². The van der Waals surface area contributed by atoms with Gasteiger partial charge in [0.1, 0.15) is 0 Å². The van der Waals surface area contributed by atoms with Gasteiger partial charge in [-0.05, 0) is 6.92 Å². The van der Waals surface area contributed by atoms with E-state index in [-0.39, 0.29) is 0 Å². The molecule has 1 heterocycles. The number of nitrogens with zero attached hydrogens (tertiary/aromatic N) is 1. The first-order valence-corrected chi connectivity index (χ1v) is 2.51. The Labute approximate surface area is 43.6 Å². The van der Waals surface area contributed by atoms with Crippen LogP contribution in [0.25, 0.3) is 0 Å². The Morgan fingerprint density at radius 2 is 2.43 bits per heavy atom. The Morgan fingerprint density at radius 3 is 2.57 bits per heavy atom. The van der Waals surface area contributed by atoms with E-state index in [9.17, 15) is 0 Å². The van der Waals surface area contributed by atoms with Crippen molar-refractivity contribution in [1.82, 2.24) is 16.0 Å². The molecule has 1 rings (SSSR count). The third-order valence-corrected chi connectivity index (χ3v) is 1.05. The molecule has 1 saturated heterocycles. The van der Waals surface area contributed by atoms with E-state index >= 15 is 0 Å². The number of hydrogen-bond donors (Lipinski definition) is 2. The molecular weight excluding hydrogens is 90.1 g/mol. The molecule has 0 aromatic carbocycles. The molecule has 0 bridgehead atoms. The summed E-state index contributed by atoms with van der Waals surface area (Å²) in [7, 11) is 2.01. The SMILES string of the molecule is CC1CN(C)NN1. The summed E-state index contributed by atoms with van der Waals surface area (Å²) in [5.41, 5.74) is 6.00. The van der Waals surface area contributed by atoms with Crippen molar-refractivity contribution in [1.29, 1.82) is 0 Å². The summed E-state index contributed by atoms with van der Waals surface area (Å²) in [6, 6.07) is 0.588. The summed E-state index contributed by atoms with van der Waals surface area (Å²) in [4.78, 5) is 0. The van der Waals surface area contributed by atoms with Crippen LogP contribution in [-0.2, 0) is 0 Å². The van der Waals surface area contributed by atoms with E-state index in [0.717, 1.165) is 6.54 Å². The highest BCUT2D eigenvalue weighted by molar-refractivity contribution is 4.64. The molecule has 1 unspecified atom stereocenters. The van der Waals surface area contributed by atoms with Crippen LogP contribution in [0, 0.1) is 0 Å². The predicted molar refractivity (Wildman–Crippen MR) is 28.4 cm³/mol. The van der Waals surface area contributed by atoms with E-state index in [0.29, 0.717) is 6.04 Å². The topological polar surface area (TPSA) is 27.3 Å². The average molecular weight is 101 g/mol. The minimum Gasteiger partial charge on any atom is -0.240 e. The fraction of sp³-hybridized carbons (Fsp3) is 1.00. The van der Waals surface area contributed by atoms with Crippen LogP contribution in [0.1, 0.15) is 6.92 Å². The standard InChI is InChI=1S/C4H11N3/c1-4-3-7(2)6-5-4/h4-6H,3H2,1-2H3. The van der Waals surface area contributed by atoms with Gasteiger partial charge < -0.3 is 0 Å². The molecule has 1 aliphatic heterocycles. The first-order valence-electron chi connectivity index (χ1n) is 2.51. The van der Waals surface area contributed by atoms with Gasteiger partial charge >= 0.3 is 0 Å². The zero-order valence-corrected chi connectivity index (χ0v) is 4.73. The van der Waals surface area contributed by atoms with Gasteiger partial charge in [-0.2, -0.15) is 5.53 Å². The lowest BCUT2D eigenvalue weighted by atomic mass is 10.4. The van der Waals surface area contributed by atoms with Gasteiger partial charge in [-0.3, -0.25) is 0 Å². The molecule has 3 heteroatoms. The van der Waals surface area contributed by atoms with E-state index in [1.54, 1.807) is 0 Å². The largest absolute Gasteiger partial charge is 0.240 e. The van der Waals surface area contributed by atoms with E-state index in [2.05, 4.69) is 17.9 Å². The van der Waals surface area contributed by atoms with Gasteiger partial charge in [0.05, 0.1) is 0 Å². The van der Waals surface area contributed by atoms with Crippen molar-refractivity contribution in [2.75, 3.05) is 13.6 Å². The van der Waals surface area contributed by atoms with E-state index in [1.807, 2.05) is 12.1 Å². The molecule has 7 heavy (non-hydrogen) atoms. The van der Waals surface area contributed by atoms with Crippen LogP contribution in [0.2, 0.25) is 0 Å². The predicted octanol–water partition coefficient (Wildman–Crippen LogP) is -0.670. The molecule has 1 atom stereocenters. The van der Waals surface area contributed by atoms with Gasteiger partial charge in [-0.25, -0.2) is 10.4 Å². The first-order chi connectivity index (χ1) is 3.29. The normalized spacial score (nSPS) is 34.3. The molecule has 0 radical (unpaired) electrons. The molecule has 0 aromatic heterocycles. The number of nitrogens with one attached hydrogen (secondary N) is 2. The summed E-state index contributed by atoms with van der Waals surface area (Å²) in [6.07, 6.45) is 0. The van der Waals surface area contributed by atoms with Crippen LogP contribution < -0.4 is 11.0 Å². The smallest absolute Gasteiger partial charge is 0.0339 e. The molecule has 3 nitrogen and oxygen atoms in total. The molecule has 42 valence electrons. The van der Waals surface area contributed by atoms with Crippen molar-refractivity contribution >= 4 is 0 Å². The quantitative estimate of drug-likeness (QED) is 0.424.